The van der Waals surface area contributed by atoms with Crippen LogP contribution in [0, 0.1) is 11.8 Å². The molecular formula is C11H12ClNO. The predicted molar refractivity (Wildman–Crippen MR) is 58.6 cm³/mol. The molecule has 2 nitrogen and oxygen atoms in total. The second kappa shape index (κ2) is 5.54. The van der Waals surface area contributed by atoms with Crippen LogP contribution in [0.1, 0.15) is 12.0 Å². The van der Waals surface area contributed by atoms with E-state index in [-0.39, 0.29) is 0 Å². The van der Waals surface area contributed by atoms with Crippen LogP contribution < -0.4 is 10.5 Å². The lowest BCUT2D eigenvalue weighted by atomic mass is 10.2. The third-order valence-corrected chi connectivity index (χ3v) is 1.98. The van der Waals surface area contributed by atoms with E-state index in [9.17, 15) is 0 Å². The molecule has 0 amide bonds. The van der Waals surface area contributed by atoms with Gasteiger partial charge in [-0.3, -0.25) is 0 Å². The third kappa shape index (κ3) is 2.95. The number of halogens is 1. The van der Waals surface area contributed by atoms with Crippen molar-refractivity contribution in [3.8, 4) is 17.6 Å². The molecule has 0 aliphatic carbocycles. The van der Waals surface area contributed by atoms with Gasteiger partial charge in [-0.05, 0) is 18.2 Å². The zero-order valence-electron chi connectivity index (χ0n) is 8.01. The lowest BCUT2D eigenvalue weighted by molar-refractivity contribution is 0.415. The van der Waals surface area contributed by atoms with Gasteiger partial charge in [0.05, 0.1) is 12.1 Å². The van der Waals surface area contributed by atoms with Crippen molar-refractivity contribution >= 4 is 11.6 Å². The van der Waals surface area contributed by atoms with E-state index in [1.807, 2.05) is 12.1 Å². The van der Waals surface area contributed by atoms with Crippen molar-refractivity contribution in [3.05, 3.63) is 28.8 Å². The normalized spacial score (nSPS) is 9.07. The zero-order valence-corrected chi connectivity index (χ0v) is 8.77. The molecule has 0 aromatic heterocycles. The number of ether oxygens (including phenoxy) is 1. The van der Waals surface area contributed by atoms with Crippen molar-refractivity contribution in [2.24, 2.45) is 5.73 Å². The molecule has 0 spiro atoms. The summed E-state index contributed by atoms with van der Waals surface area (Å²) >= 11 is 5.97. The maximum atomic E-state index is 5.97. The van der Waals surface area contributed by atoms with Crippen LogP contribution in [0.5, 0.6) is 5.75 Å². The molecule has 1 aromatic rings. The highest BCUT2D eigenvalue weighted by molar-refractivity contribution is 6.31. The molecule has 0 radical (unpaired) electrons. The van der Waals surface area contributed by atoms with Crippen LogP contribution in [-0.4, -0.2) is 13.7 Å². The number of methoxy groups -OCH3 is 1. The molecule has 0 bridgehead atoms. The van der Waals surface area contributed by atoms with Crippen molar-refractivity contribution in [1.82, 2.24) is 0 Å². The second-order valence-corrected chi connectivity index (χ2v) is 3.09. The summed E-state index contributed by atoms with van der Waals surface area (Å²) in [5.41, 5.74) is 6.13. The van der Waals surface area contributed by atoms with E-state index in [4.69, 9.17) is 22.1 Å². The van der Waals surface area contributed by atoms with Gasteiger partial charge in [-0.1, -0.05) is 23.4 Å². The minimum atomic E-state index is 0.570. The fraction of sp³-hybridized carbons (Fsp3) is 0.273. The third-order valence-electron chi connectivity index (χ3n) is 1.67. The molecule has 0 aliphatic heterocycles. The first-order chi connectivity index (χ1) is 6.77. The number of benzene rings is 1. The molecule has 14 heavy (non-hydrogen) atoms. The Bertz CT molecular complexity index is 365. The highest BCUT2D eigenvalue weighted by Gasteiger charge is 1.98. The molecule has 0 saturated heterocycles. The minimum Gasteiger partial charge on any atom is -0.497 e. The summed E-state index contributed by atoms with van der Waals surface area (Å²) in [4.78, 5) is 0. The summed E-state index contributed by atoms with van der Waals surface area (Å²) in [6.07, 6.45) is 0.683. The number of hydrogen-bond donors (Lipinski definition) is 1. The molecule has 0 unspecified atom stereocenters. The lowest BCUT2D eigenvalue weighted by Gasteiger charge is -2.00. The van der Waals surface area contributed by atoms with Gasteiger partial charge in [0.1, 0.15) is 5.75 Å². The summed E-state index contributed by atoms with van der Waals surface area (Å²) in [6, 6.07) is 5.41. The van der Waals surface area contributed by atoms with Crippen LogP contribution in [0.25, 0.3) is 0 Å². The quantitative estimate of drug-likeness (QED) is 0.757. The van der Waals surface area contributed by atoms with Crippen LogP contribution >= 0.6 is 11.6 Å². The molecule has 0 saturated carbocycles. The van der Waals surface area contributed by atoms with Crippen LogP contribution in [0.15, 0.2) is 18.2 Å². The first kappa shape index (κ1) is 10.9. The number of nitrogens with two attached hydrogens (primary N) is 1. The Morgan fingerprint density at radius 3 is 2.86 bits per heavy atom. The number of hydrogen-bond acceptors (Lipinski definition) is 2. The highest BCUT2D eigenvalue weighted by atomic mass is 35.5. The van der Waals surface area contributed by atoms with Gasteiger partial charge in [-0.25, -0.2) is 0 Å². The molecule has 3 heteroatoms. The molecule has 0 heterocycles. The average Bonchev–Trinajstić information content (AvgIpc) is 2.20. The van der Waals surface area contributed by atoms with Crippen LogP contribution in [0.3, 0.4) is 0 Å². The highest BCUT2D eigenvalue weighted by Crippen LogP contribution is 2.21. The molecule has 1 rings (SSSR count). The van der Waals surface area contributed by atoms with Crippen molar-refractivity contribution in [1.29, 1.82) is 0 Å². The Labute approximate surface area is 89.0 Å². The Balaban J connectivity index is 2.85. The van der Waals surface area contributed by atoms with Gasteiger partial charge >= 0.3 is 0 Å². The molecule has 74 valence electrons. The molecule has 0 aliphatic rings. The average molecular weight is 210 g/mol. The van der Waals surface area contributed by atoms with E-state index in [1.165, 1.54) is 0 Å². The molecular weight excluding hydrogens is 198 g/mol. The van der Waals surface area contributed by atoms with Crippen LogP contribution in [0.2, 0.25) is 5.02 Å². The van der Waals surface area contributed by atoms with Gasteiger partial charge in [0.25, 0.3) is 0 Å². The maximum Gasteiger partial charge on any atom is 0.120 e. The Morgan fingerprint density at radius 1 is 1.50 bits per heavy atom. The van der Waals surface area contributed by atoms with E-state index in [0.29, 0.717) is 18.0 Å². The summed E-state index contributed by atoms with van der Waals surface area (Å²) in [7, 11) is 1.60. The largest absolute Gasteiger partial charge is 0.497 e. The SMILES string of the molecule is COc1ccc(C#CCCN)c(Cl)c1. The first-order valence-corrected chi connectivity index (χ1v) is 4.68. The van der Waals surface area contributed by atoms with Crippen LogP contribution in [-0.2, 0) is 0 Å². The lowest BCUT2D eigenvalue weighted by Crippen LogP contribution is -1.95. The van der Waals surface area contributed by atoms with Gasteiger partial charge < -0.3 is 10.5 Å². The van der Waals surface area contributed by atoms with Crippen LogP contribution in [0.4, 0.5) is 0 Å². The van der Waals surface area contributed by atoms with Gasteiger partial charge in [-0.2, -0.15) is 0 Å². The molecule has 1 aromatic carbocycles. The predicted octanol–water partition coefficient (Wildman–Crippen LogP) is 2.05. The van der Waals surface area contributed by atoms with Crippen molar-refractivity contribution < 1.29 is 4.74 Å². The Hall–Kier alpha value is -1.17. The van der Waals surface area contributed by atoms with Gasteiger partial charge in [0.15, 0.2) is 0 Å². The van der Waals surface area contributed by atoms with Crippen molar-refractivity contribution in [2.75, 3.05) is 13.7 Å². The van der Waals surface area contributed by atoms with E-state index in [1.54, 1.807) is 13.2 Å². The summed E-state index contributed by atoms with van der Waals surface area (Å²) in [5, 5.41) is 0.605. The molecule has 0 atom stereocenters. The van der Waals surface area contributed by atoms with E-state index >= 15 is 0 Å². The summed E-state index contributed by atoms with van der Waals surface area (Å²) < 4.78 is 5.02. The van der Waals surface area contributed by atoms with Gasteiger partial charge in [0, 0.05) is 18.5 Å². The standard InChI is InChI=1S/C11H12ClNO/c1-14-10-6-5-9(11(12)8-10)4-2-3-7-13/h5-6,8H,3,7,13H2,1H3. The smallest absolute Gasteiger partial charge is 0.120 e. The summed E-state index contributed by atoms with van der Waals surface area (Å²) in [5.74, 6) is 6.61. The fourth-order valence-corrected chi connectivity index (χ4v) is 1.17. The zero-order chi connectivity index (χ0) is 10.4. The van der Waals surface area contributed by atoms with E-state index in [0.717, 1.165) is 11.3 Å². The topological polar surface area (TPSA) is 35.2 Å². The number of rotatable bonds is 2. The van der Waals surface area contributed by atoms with E-state index < -0.39 is 0 Å². The monoisotopic (exact) mass is 209 g/mol. The van der Waals surface area contributed by atoms with Crippen molar-refractivity contribution in [3.63, 3.8) is 0 Å². The van der Waals surface area contributed by atoms with E-state index in [2.05, 4.69) is 11.8 Å². The molecule has 2 N–H and O–H groups in total. The Morgan fingerprint density at radius 2 is 2.29 bits per heavy atom. The van der Waals surface area contributed by atoms with Crippen molar-refractivity contribution in [2.45, 2.75) is 6.42 Å². The van der Waals surface area contributed by atoms with Gasteiger partial charge in [-0.15, -0.1) is 0 Å². The van der Waals surface area contributed by atoms with Gasteiger partial charge in [0.2, 0.25) is 0 Å². The first-order valence-electron chi connectivity index (χ1n) is 4.30. The Kier molecular flexibility index (Phi) is 4.31. The fourth-order valence-electron chi connectivity index (χ4n) is 0.954. The summed E-state index contributed by atoms with van der Waals surface area (Å²) in [6.45, 7) is 0.570. The maximum absolute atomic E-state index is 5.97. The second-order valence-electron chi connectivity index (χ2n) is 2.69. The minimum absolute atomic E-state index is 0.570. The molecule has 0 fully saturated rings.